The molecular weight excluding hydrogens is 306 g/mol. The number of nitrogens with zero attached hydrogens (tertiary/aromatic N) is 3. The highest BCUT2D eigenvalue weighted by Crippen LogP contribution is 2.31. The topological polar surface area (TPSA) is 19.4 Å². The van der Waals surface area contributed by atoms with Crippen LogP contribution in [0.2, 0.25) is 0 Å². The van der Waals surface area contributed by atoms with Gasteiger partial charge in [-0.3, -0.25) is 0 Å². The first-order valence-electron chi connectivity index (χ1n) is 9.02. The van der Waals surface area contributed by atoms with Crippen molar-refractivity contribution in [3.8, 4) is 11.3 Å². The van der Waals surface area contributed by atoms with E-state index in [1.807, 2.05) is 0 Å². The van der Waals surface area contributed by atoms with Crippen molar-refractivity contribution in [2.75, 3.05) is 38.1 Å². The number of benzene rings is 2. The molecule has 1 fully saturated rings. The van der Waals surface area contributed by atoms with Gasteiger partial charge < -0.3 is 9.80 Å². The van der Waals surface area contributed by atoms with Gasteiger partial charge in [0.2, 0.25) is 0 Å². The van der Waals surface area contributed by atoms with Crippen molar-refractivity contribution in [3.63, 3.8) is 0 Å². The average Bonchev–Trinajstić information content (AvgIpc) is 2.62. The van der Waals surface area contributed by atoms with Crippen LogP contribution in [-0.2, 0) is 0 Å². The molecule has 0 spiro atoms. The molecule has 128 valence electrons. The van der Waals surface area contributed by atoms with Gasteiger partial charge in [-0.15, -0.1) is 0 Å². The molecule has 0 N–H and O–H groups in total. The predicted octanol–water partition coefficient (Wildman–Crippen LogP) is 4.27. The van der Waals surface area contributed by atoms with Crippen LogP contribution in [0.15, 0.2) is 48.5 Å². The summed E-state index contributed by atoms with van der Waals surface area (Å²) < 4.78 is 0. The van der Waals surface area contributed by atoms with Crippen molar-refractivity contribution >= 4 is 16.6 Å². The number of hydrogen-bond acceptors (Lipinski definition) is 3. The van der Waals surface area contributed by atoms with Crippen LogP contribution < -0.4 is 4.90 Å². The lowest BCUT2D eigenvalue weighted by atomic mass is 10.0. The summed E-state index contributed by atoms with van der Waals surface area (Å²) in [6.45, 7) is 8.51. The van der Waals surface area contributed by atoms with Gasteiger partial charge in [0.15, 0.2) is 0 Å². The first-order chi connectivity index (χ1) is 12.1. The van der Waals surface area contributed by atoms with E-state index in [0.29, 0.717) is 0 Å². The van der Waals surface area contributed by atoms with Gasteiger partial charge in [0.1, 0.15) is 5.82 Å². The standard InChI is InChI=1S/C22H25N3/c1-16-4-7-18(8-5-16)21-15-19-14-17(2)6-9-20(19)22(23-21)25-12-10-24(3)11-13-25/h4-9,14-15H,10-13H2,1-3H3. The van der Waals surface area contributed by atoms with E-state index in [-0.39, 0.29) is 0 Å². The highest BCUT2D eigenvalue weighted by Gasteiger charge is 2.18. The molecule has 0 amide bonds. The van der Waals surface area contributed by atoms with E-state index in [1.54, 1.807) is 0 Å². The van der Waals surface area contributed by atoms with Gasteiger partial charge in [0.05, 0.1) is 5.69 Å². The Hall–Kier alpha value is -2.39. The summed E-state index contributed by atoms with van der Waals surface area (Å²) in [6.07, 6.45) is 0. The molecule has 2 heterocycles. The molecule has 1 aromatic heterocycles. The summed E-state index contributed by atoms with van der Waals surface area (Å²) in [5.74, 6) is 1.13. The maximum absolute atomic E-state index is 5.09. The Bertz CT molecular complexity index is 891. The third-order valence-corrected chi connectivity index (χ3v) is 5.12. The minimum absolute atomic E-state index is 1.03. The number of anilines is 1. The lowest BCUT2D eigenvalue weighted by molar-refractivity contribution is 0.312. The molecule has 3 nitrogen and oxygen atoms in total. The summed E-state index contributed by atoms with van der Waals surface area (Å²) in [6, 6.07) is 17.6. The molecule has 0 aliphatic carbocycles. The number of hydrogen-bond donors (Lipinski definition) is 0. The summed E-state index contributed by atoms with van der Waals surface area (Å²) in [5, 5.41) is 2.53. The van der Waals surface area contributed by atoms with Crippen molar-refractivity contribution in [1.82, 2.24) is 9.88 Å². The van der Waals surface area contributed by atoms with Gasteiger partial charge in [-0.2, -0.15) is 0 Å². The normalized spacial score (nSPS) is 15.7. The Morgan fingerprint density at radius 1 is 0.800 bits per heavy atom. The van der Waals surface area contributed by atoms with E-state index in [2.05, 4.69) is 79.2 Å². The highest BCUT2D eigenvalue weighted by molar-refractivity contribution is 5.95. The molecule has 0 bridgehead atoms. The molecule has 3 aromatic rings. The zero-order valence-electron chi connectivity index (χ0n) is 15.3. The number of fused-ring (bicyclic) bond motifs is 1. The zero-order valence-corrected chi connectivity index (χ0v) is 15.3. The first kappa shape index (κ1) is 16.1. The van der Waals surface area contributed by atoms with Crippen LogP contribution >= 0.6 is 0 Å². The van der Waals surface area contributed by atoms with E-state index in [0.717, 1.165) is 37.7 Å². The third kappa shape index (κ3) is 3.24. The van der Waals surface area contributed by atoms with Crippen LogP contribution in [0.3, 0.4) is 0 Å². The fourth-order valence-corrected chi connectivity index (χ4v) is 3.49. The number of likely N-dealkylation sites (N-methyl/N-ethyl adjacent to an activating group) is 1. The second kappa shape index (κ2) is 6.49. The fraction of sp³-hybridized carbons (Fsp3) is 0.318. The van der Waals surface area contributed by atoms with Crippen molar-refractivity contribution in [2.24, 2.45) is 0 Å². The summed E-state index contributed by atoms with van der Waals surface area (Å²) >= 11 is 0. The Morgan fingerprint density at radius 3 is 2.20 bits per heavy atom. The van der Waals surface area contributed by atoms with Crippen LogP contribution in [-0.4, -0.2) is 43.1 Å². The average molecular weight is 331 g/mol. The van der Waals surface area contributed by atoms with Gasteiger partial charge in [-0.1, -0.05) is 53.6 Å². The number of aryl methyl sites for hydroxylation is 2. The Kier molecular flexibility index (Phi) is 4.18. The van der Waals surface area contributed by atoms with Crippen molar-refractivity contribution in [1.29, 1.82) is 0 Å². The Labute approximate surface area is 149 Å². The van der Waals surface area contributed by atoms with Crippen LogP contribution in [0.5, 0.6) is 0 Å². The summed E-state index contributed by atoms with van der Waals surface area (Å²) in [4.78, 5) is 9.91. The largest absolute Gasteiger partial charge is 0.354 e. The third-order valence-electron chi connectivity index (χ3n) is 5.12. The molecule has 25 heavy (non-hydrogen) atoms. The van der Waals surface area contributed by atoms with Crippen LogP contribution in [0.1, 0.15) is 11.1 Å². The monoisotopic (exact) mass is 331 g/mol. The van der Waals surface area contributed by atoms with Crippen molar-refractivity contribution in [2.45, 2.75) is 13.8 Å². The minimum Gasteiger partial charge on any atom is -0.354 e. The molecule has 1 aliphatic rings. The number of piperazine rings is 1. The fourth-order valence-electron chi connectivity index (χ4n) is 3.49. The molecule has 0 saturated carbocycles. The van der Waals surface area contributed by atoms with Crippen LogP contribution in [0.25, 0.3) is 22.0 Å². The van der Waals surface area contributed by atoms with Gasteiger partial charge in [0, 0.05) is 37.1 Å². The minimum atomic E-state index is 1.03. The number of aromatic nitrogens is 1. The molecule has 4 rings (SSSR count). The molecular formula is C22H25N3. The van der Waals surface area contributed by atoms with E-state index >= 15 is 0 Å². The highest BCUT2D eigenvalue weighted by atomic mass is 15.3. The smallest absolute Gasteiger partial charge is 0.137 e. The second-order valence-corrected chi connectivity index (χ2v) is 7.21. The van der Waals surface area contributed by atoms with Crippen molar-refractivity contribution in [3.05, 3.63) is 59.7 Å². The summed E-state index contributed by atoms with van der Waals surface area (Å²) in [7, 11) is 2.19. The van der Waals surface area contributed by atoms with Gasteiger partial charge in [0.25, 0.3) is 0 Å². The second-order valence-electron chi connectivity index (χ2n) is 7.21. The van der Waals surface area contributed by atoms with Gasteiger partial charge >= 0.3 is 0 Å². The molecule has 0 atom stereocenters. The van der Waals surface area contributed by atoms with E-state index in [4.69, 9.17) is 4.98 Å². The van der Waals surface area contributed by atoms with Gasteiger partial charge in [-0.05, 0) is 32.3 Å². The number of rotatable bonds is 2. The SMILES string of the molecule is Cc1ccc(-c2cc3cc(C)ccc3c(N3CCN(C)CC3)n2)cc1. The van der Waals surface area contributed by atoms with E-state index in [9.17, 15) is 0 Å². The molecule has 0 radical (unpaired) electrons. The van der Waals surface area contributed by atoms with E-state index < -0.39 is 0 Å². The first-order valence-corrected chi connectivity index (χ1v) is 9.02. The predicted molar refractivity (Wildman–Crippen MR) is 106 cm³/mol. The maximum atomic E-state index is 5.09. The molecule has 0 unspecified atom stereocenters. The lowest BCUT2D eigenvalue weighted by Crippen LogP contribution is -2.44. The van der Waals surface area contributed by atoms with Crippen LogP contribution in [0.4, 0.5) is 5.82 Å². The number of pyridine rings is 1. The molecule has 2 aromatic carbocycles. The quantitative estimate of drug-likeness (QED) is 0.699. The molecule has 1 saturated heterocycles. The van der Waals surface area contributed by atoms with Gasteiger partial charge in [-0.25, -0.2) is 4.98 Å². The molecule has 1 aliphatic heterocycles. The maximum Gasteiger partial charge on any atom is 0.137 e. The Morgan fingerprint density at radius 2 is 1.48 bits per heavy atom. The van der Waals surface area contributed by atoms with Crippen LogP contribution in [0, 0.1) is 13.8 Å². The molecule has 3 heteroatoms. The zero-order chi connectivity index (χ0) is 17.4. The lowest BCUT2D eigenvalue weighted by Gasteiger charge is -2.34. The Balaban J connectivity index is 1.86. The van der Waals surface area contributed by atoms with Crippen molar-refractivity contribution < 1.29 is 0 Å². The summed E-state index contributed by atoms with van der Waals surface area (Å²) in [5.41, 5.74) is 4.81. The van der Waals surface area contributed by atoms with E-state index in [1.165, 1.54) is 27.5 Å².